The van der Waals surface area contributed by atoms with Gasteiger partial charge >= 0.3 is 5.97 Å². The Bertz CT molecular complexity index is 1110. The molecule has 9 nitrogen and oxygen atoms in total. The molecule has 142 valence electrons. The second-order valence-corrected chi connectivity index (χ2v) is 6.31. The van der Waals surface area contributed by atoms with Gasteiger partial charge in [0.2, 0.25) is 11.9 Å². The van der Waals surface area contributed by atoms with E-state index in [9.17, 15) is 19.7 Å². The maximum Gasteiger partial charge on any atom is 0.321 e. The van der Waals surface area contributed by atoms with Gasteiger partial charge in [0.1, 0.15) is 0 Å². The van der Waals surface area contributed by atoms with Crippen molar-refractivity contribution in [1.82, 2.24) is 9.55 Å². The molecule has 2 atom stereocenters. The molecule has 4 rings (SSSR count). The second kappa shape index (κ2) is 6.76. The van der Waals surface area contributed by atoms with Crippen molar-refractivity contribution in [2.75, 3.05) is 11.9 Å². The fraction of sp³-hybridized carbons (Fsp3) is 0.211. The van der Waals surface area contributed by atoms with Crippen molar-refractivity contribution >= 4 is 34.5 Å². The first-order valence-electron chi connectivity index (χ1n) is 8.70. The zero-order chi connectivity index (χ0) is 19.8. The number of hydrogen-bond acceptors (Lipinski definition) is 6. The van der Waals surface area contributed by atoms with Gasteiger partial charge in [-0.2, -0.15) is 0 Å². The predicted molar refractivity (Wildman–Crippen MR) is 99.7 cm³/mol. The van der Waals surface area contributed by atoms with Gasteiger partial charge in [-0.3, -0.25) is 25.0 Å². The number of carbonyl (C=O) groups excluding carboxylic acids is 2. The number of hydrogen-bond donors (Lipinski definition) is 1. The number of nitro groups is 1. The smallest absolute Gasteiger partial charge is 0.321 e. The topological polar surface area (TPSA) is 116 Å². The van der Waals surface area contributed by atoms with E-state index in [2.05, 4.69) is 10.3 Å². The average Bonchev–Trinajstić information content (AvgIpc) is 3.04. The number of anilines is 1. The highest BCUT2D eigenvalue weighted by Crippen LogP contribution is 2.39. The number of amides is 1. The molecule has 3 aromatic rings. The summed E-state index contributed by atoms with van der Waals surface area (Å²) < 4.78 is 6.84. The number of carbonyl (C=O) groups is 2. The molecule has 2 heterocycles. The third kappa shape index (κ3) is 2.77. The SMILES string of the molecule is CCOC(=O)[C@@H]1C(=O)Nc2nc3ccccc3n2[C@H]1c1cccc([N+](=O)[O-])c1. The van der Waals surface area contributed by atoms with Crippen molar-refractivity contribution in [2.45, 2.75) is 13.0 Å². The third-order valence-corrected chi connectivity index (χ3v) is 4.67. The maximum absolute atomic E-state index is 12.8. The monoisotopic (exact) mass is 380 g/mol. The summed E-state index contributed by atoms with van der Waals surface area (Å²) in [6.07, 6.45) is 0. The van der Waals surface area contributed by atoms with Gasteiger partial charge in [0.05, 0.1) is 28.6 Å². The van der Waals surface area contributed by atoms with E-state index in [-0.39, 0.29) is 18.2 Å². The van der Waals surface area contributed by atoms with E-state index in [0.717, 1.165) is 0 Å². The largest absolute Gasteiger partial charge is 0.465 e. The standard InChI is InChI=1S/C19H16N4O5/c1-2-28-18(25)15-16(11-6-5-7-12(10-11)23(26)27)22-14-9-4-3-8-13(14)20-19(22)21-17(15)24/h3-10,15-16H,2H2,1H3,(H,20,21,24)/t15-,16-/m0/s1. The van der Waals surface area contributed by atoms with E-state index in [1.165, 1.54) is 18.2 Å². The molecule has 0 bridgehead atoms. The summed E-state index contributed by atoms with van der Waals surface area (Å²) in [4.78, 5) is 40.5. The van der Waals surface area contributed by atoms with Crippen LogP contribution < -0.4 is 5.32 Å². The number of nitrogens with zero attached hydrogens (tertiary/aromatic N) is 3. The molecular formula is C19H16N4O5. The zero-order valence-corrected chi connectivity index (χ0v) is 14.9. The molecule has 0 aliphatic carbocycles. The Hall–Kier alpha value is -3.75. The van der Waals surface area contributed by atoms with Gasteiger partial charge in [-0.1, -0.05) is 24.3 Å². The minimum absolute atomic E-state index is 0.113. The van der Waals surface area contributed by atoms with Crippen molar-refractivity contribution in [3.63, 3.8) is 0 Å². The highest BCUT2D eigenvalue weighted by molar-refractivity contribution is 6.07. The number of aromatic nitrogens is 2. The number of fused-ring (bicyclic) bond motifs is 3. The number of imidazole rings is 1. The van der Waals surface area contributed by atoms with E-state index in [0.29, 0.717) is 16.6 Å². The van der Waals surface area contributed by atoms with Crippen LogP contribution in [-0.2, 0) is 14.3 Å². The number of non-ortho nitro benzene ring substituents is 1. The van der Waals surface area contributed by atoms with E-state index >= 15 is 0 Å². The van der Waals surface area contributed by atoms with Crippen molar-refractivity contribution < 1.29 is 19.2 Å². The Labute approximate surface area is 159 Å². The Morgan fingerprint density at radius 1 is 1.29 bits per heavy atom. The summed E-state index contributed by atoms with van der Waals surface area (Å²) in [6.45, 7) is 1.76. The molecule has 0 unspecified atom stereocenters. The molecular weight excluding hydrogens is 364 g/mol. The maximum atomic E-state index is 12.8. The lowest BCUT2D eigenvalue weighted by Gasteiger charge is -2.32. The van der Waals surface area contributed by atoms with E-state index in [1.54, 1.807) is 23.6 Å². The first-order valence-corrected chi connectivity index (χ1v) is 8.70. The molecule has 0 fully saturated rings. The molecule has 0 spiro atoms. The normalized spacial score (nSPS) is 18.4. The summed E-state index contributed by atoms with van der Waals surface area (Å²) in [6, 6.07) is 12.3. The summed E-state index contributed by atoms with van der Waals surface area (Å²) in [5.41, 5.74) is 1.66. The van der Waals surface area contributed by atoms with Crippen LogP contribution in [0, 0.1) is 16.0 Å². The highest BCUT2D eigenvalue weighted by atomic mass is 16.6. The van der Waals surface area contributed by atoms with Crippen molar-refractivity contribution in [2.24, 2.45) is 5.92 Å². The Kier molecular flexibility index (Phi) is 4.26. The second-order valence-electron chi connectivity index (χ2n) is 6.31. The lowest BCUT2D eigenvalue weighted by molar-refractivity contribution is -0.384. The molecule has 0 saturated carbocycles. The lowest BCUT2D eigenvalue weighted by atomic mass is 9.90. The summed E-state index contributed by atoms with van der Waals surface area (Å²) in [7, 11) is 0. The fourth-order valence-electron chi connectivity index (χ4n) is 3.53. The van der Waals surface area contributed by atoms with E-state index in [1.807, 2.05) is 18.2 Å². The number of nitrogens with one attached hydrogen (secondary N) is 1. The van der Waals surface area contributed by atoms with Crippen LogP contribution in [0.15, 0.2) is 48.5 Å². The van der Waals surface area contributed by atoms with Gasteiger partial charge < -0.3 is 9.30 Å². The van der Waals surface area contributed by atoms with Crippen LogP contribution in [0.3, 0.4) is 0 Å². The minimum Gasteiger partial charge on any atom is -0.465 e. The Morgan fingerprint density at radius 2 is 2.07 bits per heavy atom. The van der Waals surface area contributed by atoms with Crippen LogP contribution in [-0.4, -0.2) is 33.0 Å². The van der Waals surface area contributed by atoms with Crippen LogP contribution in [0.4, 0.5) is 11.6 Å². The minimum atomic E-state index is -1.20. The molecule has 0 radical (unpaired) electrons. The van der Waals surface area contributed by atoms with Crippen LogP contribution in [0.5, 0.6) is 0 Å². The van der Waals surface area contributed by atoms with Crippen molar-refractivity contribution in [3.8, 4) is 0 Å². The van der Waals surface area contributed by atoms with Gasteiger partial charge in [-0.25, -0.2) is 4.98 Å². The lowest BCUT2D eigenvalue weighted by Crippen LogP contribution is -2.43. The van der Waals surface area contributed by atoms with Crippen LogP contribution in [0.1, 0.15) is 18.5 Å². The summed E-state index contributed by atoms with van der Waals surface area (Å²) in [5, 5.41) is 13.9. The molecule has 2 aromatic carbocycles. The molecule has 1 N–H and O–H groups in total. The number of esters is 1. The molecule has 1 amide bonds. The van der Waals surface area contributed by atoms with Gasteiger partial charge in [0.25, 0.3) is 5.69 Å². The first-order chi connectivity index (χ1) is 13.5. The average molecular weight is 380 g/mol. The molecule has 9 heteroatoms. The Morgan fingerprint density at radius 3 is 2.82 bits per heavy atom. The summed E-state index contributed by atoms with van der Waals surface area (Å²) >= 11 is 0. The molecule has 1 aliphatic rings. The van der Waals surface area contributed by atoms with Crippen molar-refractivity contribution in [3.05, 3.63) is 64.2 Å². The quantitative estimate of drug-likeness (QED) is 0.322. The van der Waals surface area contributed by atoms with Crippen LogP contribution in [0.25, 0.3) is 11.0 Å². The van der Waals surface area contributed by atoms with Crippen LogP contribution >= 0.6 is 0 Å². The third-order valence-electron chi connectivity index (χ3n) is 4.67. The number of para-hydroxylation sites is 2. The van der Waals surface area contributed by atoms with Gasteiger partial charge in [0, 0.05) is 12.1 Å². The van der Waals surface area contributed by atoms with Gasteiger partial charge in [0.15, 0.2) is 5.92 Å². The van der Waals surface area contributed by atoms with Crippen molar-refractivity contribution in [1.29, 1.82) is 0 Å². The first kappa shape index (κ1) is 17.7. The van der Waals surface area contributed by atoms with Crippen LogP contribution in [0.2, 0.25) is 0 Å². The molecule has 28 heavy (non-hydrogen) atoms. The number of nitro benzene ring substituents is 1. The van der Waals surface area contributed by atoms with Gasteiger partial charge in [-0.05, 0) is 24.6 Å². The zero-order valence-electron chi connectivity index (χ0n) is 14.9. The molecule has 0 saturated heterocycles. The van der Waals surface area contributed by atoms with Gasteiger partial charge in [-0.15, -0.1) is 0 Å². The number of benzene rings is 2. The fourth-order valence-corrected chi connectivity index (χ4v) is 3.53. The highest BCUT2D eigenvalue weighted by Gasteiger charge is 2.44. The predicted octanol–water partition coefficient (Wildman–Crippen LogP) is 2.67. The number of ether oxygens (including phenoxy) is 1. The molecule has 1 aromatic heterocycles. The number of rotatable bonds is 4. The molecule has 1 aliphatic heterocycles. The van der Waals surface area contributed by atoms with E-state index < -0.39 is 28.8 Å². The Balaban J connectivity index is 1.97. The van der Waals surface area contributed by atoms with E-state index in [4.69, 9.17) is 4.74 Å². The summed E-state index contributed by atoms with van der Waals surface area (Å²) in [5.74, 6) is -2.17.